The first-order valence-corrected chi connectivity index (χ1v) is 9.36. The minimum absolute atomic E-state index is 0.0789. The van der Waals surface area contributed by atoms with E-state index < -0.39 is 0 Å². The van der Waals surface area contributed by atoms with Crippen molar-refractivity contribution in [3.8, 4) is 0 Å². The van der Waals surface area contributed by atoms with Crippen molar-refractivity contribution in [3.05, 3.63) is 23.5 Å². The average Bonchev–Trinajstić information content (AvgIpc) is 2.90. The third-order valence-electron chi connectivity index (χ3n) is 5.16. The molecule has 0 atom stereocenters. The van der Waals surface area contributed by atoms with Crippen molar-refractivity contribution in [1.82, 2.24) is 25.2 Å². The molecule has 0 saturated carbocycles. The van der Waals surface area contributed by atoms with Gasteiger partial charge >= 0.3 is 0 Å². The van der Waals surface area contributed by atoms with Crippen LogP contribution < -0.4 is 15.5 Å². The molecule has 0 aliphatic carbocycles. The van der Waals surface area contributed by atoms with Gasteiger partial charge in [0.25, 0.3) is 0 Å². The van der Waals surface area contributed by atoms with E-state index in [1.807, 2.05) is 10.6 Å². The van der Waals surface area contributed by atoms with Gasteiger partial charge in [0.2, 0.25) is 5.91 Å². The van der Waals surface area contributed by atoms with E-state index in [4.69, 9.17) is 4.98 Å². The number of anilines is 1. The number of aromatic nitrogens is 3. The summed E-state index contributed by atoms with van der Waals surface area (Å²) >= 11 is 0. The summed E-state index contributed by atoms with van der Waals surface area (Å²) in [4.78, 5) is 19.3. The van der Waals surface area contributed by atoms with Crippen LogP contribution in [0.4, 0.5) is 5.82 Å². The molecule has 1 amide bonds. The van der Waals surface area contributed by atoms with E-state index in [9.17, 15) is 4.79 Å². The molecular formula is C18H26N6O. The number of amides is 1. The fraction of sp³-hybridized carbons (Fsp3) is 0.611. The van der Waals surface area contributed by atoms with Gasteiger partial charge in [0.05, 0.1) is 17.8 Å². The van der Waals surface area contributed by atoms with Crippen molar-refractivity contribution in [3.63, 3.8) is 0 Å². The maximum atomic E-state index is 12.3. The van der Waals surface area contributed by atoms with Gasteiger partial charge < -0.3 is 15.5 Å². The lowest BCUT2D eigenvalue weighted by Crippen LogP contribution is -2.54. The molecule has 2 aliphatic heterocycles. The van der Waals surface area contributed by atoms with Crippen LogP contribution in [0.15, 0.2) is 12.3 Å². The zero-order valence-corrected chi connectivity index (χ0v) is 14.8. The quantitative estimate of drug-likeness (QED) is 0.785. The van der Waals surface area contributed by atoms with Crippen molar-refractivity contribution in [2.75, 3.05) is 37.6 Å². The van der Waals surface area contributed by atoms with Crippen LogP contribution in [0.1, 0.15) is 31.0 Å². The third kappa shape index (κ3) is 3.08. The Morgan fingerprint density at radius 3 is 3.04 bits per heavy atom. The second-order valence-electron chi connectivity index (χ2n) is 6.96. The van der Waals surface area contributed by atoms with E-state index in [0.29, 0.717) is 0 Å². The van der Waals surface area contributed by atoms with Crippen LogP contribution in [0.3, 0.4) is 0 Å². The number of hydrogen-bond acceptors (Lipinski definition) is 5. The van der Waals surface area contributed by atoms with Gasteiger partial charge in [-0.1, -0.05) is 13.3 Å². The van der Waals surface area contributed by atoms with E-state index in [1.54, 1.807) is 6.20 Å². The van der Waals surface area contributed by atoms with Crippen LogP contribution in [0.5, 0.6) is 0 Å². The molecule has 1 saturated heterocycles. The van der Waals surface area contributed by atoms with Crippen molar-refractivity contribution >= 4 is 17.4 Å². The number of hydrogen-bond donors (Lipinski definition) is 2. The molecule has 2 N–H and O–H groups in total. The van der Waals surface area contributed by atoms with E-state index in [0.717, 1.165) is 69.9 Å². The number of rotatable bonds is 5. The molecule has 25 heavy (non-hydrogen) atoms. The van der Waals surface area contributed by atoms with Gasteiger partial charge in [-0.3, -0.25) is 4.79 Å². The van der Waals surface area contributed by atoms with E-state index in [-0.39, 0.29) is 11.8 Å². The molecule has 7 nitrogen and oxygen atoms in total. The normalized spacial score (nSPS) is 17.9. The Morgan fingerprint density at radius 1 is 1.36 bits per heavy atom. The van der Waals surface area contributed by atoms with E-state index in [1.165, 1.54) is 11.3 Å². The second-order valence-corrected chi connectivity index (χ2v) is 6.96. The first-order valence-electron chi connectivity index (χ1n) is 9.36. The van der Waals surface area contributed by atoms with E-state index in [2.05, 4.69) is 27.6 Å². The van der Waals surface area contributed by atoms with Crippen molar-refractivity contribution in [2.24, 2.45) is 5.92 Å². The summed E-state index contributed by atoms with van der Waals surface area (Å²) < 4.78 is 1.94. The molecule has 0 aromatic carbocycles. The molecule has 2 aliphatic rings. The average molecular weight is 342 g/mol. The Morgan fingerprint density at radius 2 is 2.20 bits per heavy atom. The second kappa shape index (κ2) is 7.00. The summed E-state index contributed by atoms with van der Waals surface area (Å²) in [6, 6.07) is 1.96. The summed E-state index contributed by atoms with van der Waals surface area (Å²) in [5, 5.41) is 11.0. The zero-order valence-electron chi connectivity index (χ0n) is 14.8. The predicted octanol–water partition coefficient (Wildman–Crippen LogP) is 0.770. The smallest absolute Gasteiger partial charge is 0.226 e. The standard InChI is InChI=1S/C18H26N6O/c1-2-3-7-20-17(25)13-11-23(12-13)18-14-4-8-19-9-5-15(14)22-16-6-10-21-24(16)18/h6,10,13,19H,2-5,7-9,11-12H2,1H3,(H,20,25). The topological polar surface area (TPSA) is 74.6 Å². The number of nitrogens with one attached hydrogen (secondary N) is 2. The minimum Gasteiger partial charge on any atom is -0.356 e. The molecule has 2 aromatic heterocycles. The van der Waals surface area contributed by atoms with Crippen LogP contribution in [0.2, 0.25) is 0 Å². The van der Waals surface area contributed by atoms with Gasteiger partial charge in [0.1, 0.15) is 5.82 Å². The maximum absolute atomic E-state index is 12.3. The Balaban J connectivity index is 1.55. The molecule has 4 heterocycles. The van der Waals surface area contributed by atoms with Crippen LogP contribution in [-0.2, 0) is 17.6 Å². The highest BCUT2D eigenvalue weighted by atomic mass is 16.2. The summed E-state index contributed by atoms with van der Waals surface area (Å²) in [5.41, 5.74) is 3.35. The fourth-order valence-electron chi connectivity index (χ4n) is 3.69. The Labute approximate surface area is 147 Å². The lowest BCUT2D eigenvalue weighted by atomic mass is 9.97. The summed E-state index contributed by atoms with van der Waals surface area (Å²) in [7, 11) is 0. The number of nitrogens with zero attached hydrogens (tertiary/aromatic N) is 4. The molecule has 0 unspecified atom stereocenters. The highest BCUT2D eigenvalue weighted by Gasteiger charge is 2.36. The van der Waals surface area contributed by atoms with Crippen molar-refractivity contribution in [1.29, 1.82) is 0 Å². The van der Waals surface area contributed by atoms with Gasteiger partial charge in [-0.05, 0) is 19.4 Å². The lowest BCUT2D eigenvalue weighted by Gasteiger charge is -2.41. The molecule has 0 spiro atoms. The highest BCUT2D eigenvalue weighted by molar-refractivity contribution is 5.82. The Hall–Kier alpha value is -2.15. The third-order valence-corrected chi connectivity index (χ3v) is 5.16. The minimum atomic E-state index is 0.0789. The first kappa shape index (κ1) is 16.3. The molecular weight excluding hydrogens is 316 g/mol. The first-order chi connectivity index (χ1) is 12.3. The maximum Gasteiger partial charge on any atom is 0.226 e. The molecule has 1 fully saturated rings. The molecule has 4 rings (SSSR count). The summed E-state index contributed by atoms with van der Waals surface area (Å²) in [6.07, 6.45) is 5.85. The number of fused-ring (bicyclic) bond motifs is 2. The van der Waals surface area contributed by atoms with Crippen LogP contribution in [-0.4, -0.2) is 53.2 Å². The molecule has 0 bridgehead atoms. The number of unbranched alkanes of at least 4 members (excludes halogenated alkanes) is 1. The largest absolute Gasteiger partial charge is 0.356 e. The van der Waals surface area contributed by atoms with Gasteiger partial charge in [-0.25, -0.2) is 4.98 Å². The fourth-order valence-corrected chi connectivity index (χ4v) is 3.69. The van der Waals surface area contributed by atoms with Crippen molar-refractivity contribution < 1.29 is 4.79 Å². The lowest BCUT2D eigenvalue weighted by molar-refractivity contribution is -0.125. The van der Waals surface area contributed by atoms with Crippen molar-refractivity contribution in [2.45, 2.75) is 32.6 Å². The van der Waals surface area contributed by atoms with Gasteiger partial charge in [0, 0.05) is 44.2 Å². The van der Waals surface area contributed by atoms with Gasteiger partial charge in [-0.2, -0.15) is 9.61 Å². The number of carbonyl (C=O) groups is 1. The molecule has 134 valence electrons. The van der Waals surface area contributed by atoms with Crippen LogP contribution >= 0.6 is 0 Å². The SMILES string of the molecule is CCCCNC(=O)C1CN(c2c3c(nc4ccnn24)CCNCC3)C1. The van der Waals surface area contributed by atoms with E-state index >= 15 is 0 Å². The molecule has 0 radical (unpaired) electrons. The van der Waals surface area contributed by atoms with Crippen LogP contribution in [0, 0.1) is 5.92 Å². The monoisotopic (exact) mass is 342 g/mol. The Kier molecular flexibility index (Phi) is 4.57. The summed E-state index contributed by atoms with van der Waals surface area (Å²) in [5.74, 6) is 1.39. The molecule has 2 aromatic rings. The van der Waals surface area contributed by atoms with Gasteiger partial charge in [0.15, 0.2) is 5.65 Å². The predicted molar refractivity (Wildman–Crippen MR) is 96.9 cm³/mol. The van der Waals surface area contributed by atoms with Gasteiger partial charge in [-0.15, -0.1) is 0 Å². The molecule has 7 heteroatoms. The summed E-state index contributed by atoms with van der Waals surface area (Å²) in [6.45, 7) is 6.37. The zero-order chi connectivity index (χ0) is 17.2. The van der Waals surface area contributed by atoms with Crippen LogP contribution in [0.25, 0.3) is 5.65 Å². The number of carbonyl (C=O) groups excluding carboxylic acids is 1. The highest BCUT2D eigenvalue weighted by Crippen LogP contribution is 2.31. The Bertz CT molecular complexity index is 764.